The topological polar surface area (TPSA) is 81.7 Å². The number of hydrogen-bond donors (Lipinski definition) is 3. The average molecular weight is 285 g/mol. The highest BCUT2D eigenvalue weighted by molar-refractivity contribution is 5.73. The molecule has 3 atom stereocenters. The van der Waals surface area contributed by atoms with Crippen LogP contribution in [-0.2, 0) is 4.79 Å². The monoisotopic (exact) mass is 285 g/mol. The lowest BCUT2D eigenvalue weighted by Crippen LogP contribution is -2.56. The third-order valence-corrected chi connectivity index (χ3v) is 4.02. The van der Waals surface area contributed by atoms with Crippen molar-refractivity contribution in [2.24, 2.45) is 5.92 Å². The Morgan fingerprint density at radius 1 is 1.30 bits per heavy atom. The Morgan fingerprint density at radius 3 is 2.40 bits per heavy atom. The van der Waals surface area contributed by atoms with Crippen molar-refractivity contribution in [3.8, 4) is 0 Å². The van der Waals surface area contributed by atoms with Crippen LogP contribution < -0.4 is 10.7 Å². The third-order valence-electron chi connectivity index (χ3n) is 4.02. The Morgan fingerprint density at radius 2 is 1.90 bits per heavy atom. The molecule has 2 amide bonds. The first-order chi connectivity index (χ1) is 9.43. The normalized spacial score (nSPS) is 24.9. The number of hydrazine groups is 1. The Labute approximate surface area is 120 Å². The van der Waals surface area contributed by atoms with E-state index in [2.05, 4.69) is 24.6 Å². The molecule has 1 rings (SSSR count). The van der Waals surface area contributed by atoms with E-state index in [1.54, 1.807) is 0 Å². The van der Waals surface area contributed by atoms with Crippen molar-refractivity contribution < 1.29 is 14.7 Å². The molecule has 3 N–H and O–H groups in total. The average Bonchev–Trinajstić information content (AvgIpc) is 2.38. The quantitative estimate of drug-likeness (QED) is 0.697. The number of carboxylic acids is 1. The summed E-state index contributed by atoms with van der Waals surface area (Å²) in [6.07, 6.45) is 4.19. The molecule has 0 aromatic carbocycles. The van der Waals surface area contributed by atoms with Gasteiger partial charge in [-0.05, 0) is 32.6 Å². The Bertz CT molecular complexity index is 326. The maximum absolute atomic E-state index is 11.9. The van der Waals surface area contributed by atoms with E-state index in [4.69, 9.17) is 5.11 Å². The van der Waals surface area contributed by atoms with Crippen molar-refractivity contribution in [2.45, 2.75) is 65.0 Å². The van der Waals surface area contributed by atoms with Crippen LogP contribution in [0.2, 0.25) is 0 Å². The van der Waals surface area contributed by atoms with Gasteiger partial charge < -0.3 is 10.4 Å². The fourth-order valence-corrected chi connectivity index (χ4v) is 2.64. The number of rotatable bonds is 6. The number of amides is 2. The zero-order valence-corrected chi connectivity index (χ0v) is 12.7. The zero-order valence-electron chi connectivity index (χ0n) is 12.7. The van der Waals surface area contributed by atoms with Crippen LogP contribution >= 0.6 is 0 Å². The molecule has 0 radical (unpaired) electrons. The molecule has 0 aromatic heterocycles. The molecule has 6 nitrogen and oxygen atoms in total. The summed E-state index contributed by atoms with van der Waals surface area (Å²) in [5.74, 6) is -0.841. The van der Waals surface area contributed by atoms with Crippen molar-refractivity contribution >= 4 is 12.0 Å². The van der Waals surface area contributed by atoms with E-state index >= 15 is 0 Å². The number of carbonyl (C=O) groups excluding carboxylic acids is 1. The fraction of sp³-hybridized carbons (Fsp3) is 0.857. The van der Waals surface area contributed by atoms with E-state index in [9.17, 15) is 9.59 Å². The number of nitrogens with zero attached hydrogens (tertiary/aromatic N) is 1. The molecular weight excluding hydrogens is 258 g/mol. The second kappa shape index (κ2) is 8.09. The highest BCUT2D eigenvalue weighted by Gasteiger charge is 2.26. The summed E-state index contributed by atoms with van der Waals surface area (Å²) in [7, 11) is 0. The lowest BCUT2D eigenvalue weighted by atomic mass is 10.00. The molecule has 1 saturated heterocycles. The molecule has 1 heterocycles. The molecule has 20 heavy (non-hydrogen) atoms. The Kier molecular flexibility index (Phi) is 6.78. The number of urea groups is 1. The number of carbonyl (C=O) groups is 2. The highest BCUT2D eigenvalue weighted by atomic mass is 16.4. The van der Waals surface area contributed by atoms with Crippen LogP contribution in [0.5, 0.6) is 0 Å². The van der Waals surface area contributed by atoms with E-state index in [1.807, 2.05) is 11.9 Å². The summed E-state index contributed by atoms with van der Waals surface area (Å²) < 4.78 is 0. The molecule has 0 aliphatic carbocycles. The van der Waals surface area contributed by atoms with Gasteiger partial charge in [-0.1, -0.05) is 19.8 Å². The first-order valence-electron chi connectivity index (χ1n) is 7.48. The number of nitrogens with one attached hydrogen (secondary N) is 2. The van der Waals surface area contributed by atoms with E-state index in [-0.39, 0.29) is 18.4 Å². The third kappa shape index (κ3) is 5.36. The minimum Gasteiger partial charge on any atom is -0.481 e. The predicted molar refractivity (Wildman–Crippen MR) is 77.2 cm³/mol. The molecule has 0 saturated carbocycles. The Balaban J connectivity index is 2.36. The molecule has 0 aromatic rings. The summed E-state index contributed by atoms with van der Waals surface area (Å²) in [4.78, 5) is 22.6. The van der Waals surface area contributed by atoms with Gasteiger partial charge in [0.25, 0.3) is 0 Å². The summed E-state index contributed by atoms with van der Waals surface area (Å²) in [5, 5.41) is 13.5. The standard InChI is InChI=1S/C14H27N3O3/c1-4-12(8-13(18)19)9-15-14(20)16-17-10(2)6-5-7-11(17)3/h10-12H,4-9H2,1-3H3,(H,18,19)(H2,15,16,20). The summed E-state index contributed by atoms with van der Waals surface area (Å²) >= 11 is 0. The van der Waals surface area contributed by atoms with Gasteiger partial charge in [-0.2, -0.15) is 0 Å². The SMILES string of the molecule is CCC(CNC(=O)NN1C(C)CCCC1C)CC(=O)O. The van der Waals surface area contributed by atoms with E-state index in [0.29, 0.717) is 18.6 Å². The molecule has 6 heteroatoms. The van der Waals surface area contributed by atoms with Crippen LogP contribution in [0.4, 0.5) is 4.79 Å². The number of carboxylic acid groups (broad SMARTS) is 1. The van der Waals surface area contributed by atoms with E-state index in [0.717, 1.165) is 19.3 Å². The summed E-state index contributed by atoms with van der Waals surface area (Å²) in [6, 6.07) is 0.436. The van der Waals surface area contributed by atoms with Gasteiger partial charge in [0.2, 0.25) is 0 Å². The first kappa shape index (κ1) is 16.8. The Hall–Kier alpha value is -1.30. The minimum absolute atomic E-state index is 0.0190. The molecule has 3 unspecified atom stereocenters. The largest absolute Gasteiger partial charge is 0.481 e. The number of piperidine rings is 1. The number of aliphatic carboxylic acids is 1. The van der Waals surface area contributed by atoms with Gasteiger partial charge >= 0.3 is 12.0 Å². The molecule has 0 bridgehead atoms. The van der Waals surface area contributed by atoms with Gasteiger partial charge in [-0.25, -0.2) is 9.80 Å². The first-order valence-corrected chi connectivity index (χ1v) is 7.48. The van der Waals surface area contributed by atoms with Gasteiger partial charge in [0, 0.05) is 25.0 Å². The van der Waals surface area contributed by atoms with Crippen LogP contribution in [0.1, 0.15) is 52.9 Å². The minimum atomic E-state index is -0.822. The fourth-order valence-electron chi connectivity index (χ4n) is 2.64. The van der Waals surface area contributed by atoms with Crippen molar-refractivity contribution in [2.75, 3.05) is 6.54 Å². The zero-order chi connectivity index (χ0) is 15.1. The van der Waals surface area contributed by atoms with Crippen molar-refractivity contribution in [3.05, 3.63) is 0 Å². The molecule has 116 valence electrons. The van der Waals surface area contributed by atoms with Crippen molar-refractivity contribution in [1.82, 2.24) is 15.8 Å². The van der Waals surface area contributed by atoms with Gasteiger partial charge in [-0.3, -0.25) is 10.2 Å². The molecule has 0 spiro atoms. The van der Waals surface area contributed by atoms with Crippen LogP contribution in [0, 0.1) is 5.92 Å². The summed E-state index contributed by atoms with van der Waals surface area (Å²) in [5.41, 5.74) is 2.89. The molecule has 1 aliphatic heterocycles. The van der Waals surface area contributed by atoms with Gasteiger partial charge in [-0.15, -0.1) is 0 Å². The maximum Gasteiger partial charge on any atom is 0.329 e. The van der Waals surface area contributed by atoms with Crippen molar-refractivity contribution in [1.29, 1.82) is 0 Å². The van der Waals surface area contributed by atoms with Gasteiger partial charge in [0.05, 0.1) is 0 Å². The highest BCUT2D eigenvalue weighted by Crippen LogP contribution is 2.20. The molecule has 1 aliphatic rings. The summed E-state index contributed by atoms with van der Waals surface area (Å²) in [6.45, 7) is 6.54. The van der Waals surface area contributed by atoms with E-state index in [1.165, 1.54) is 6.42 Å². The molecular formula is C14H27N3O3. The predicted octanol–water partition coefficient (Wildman–Crippen LogP) is 1.96. The lowest BCUT2D eigenvalue weighted by Gasteiger charge is -2.38. The smallest absolute Gasteiger partial charge is 0.329 e. The number of hydrogen-bond acceptors (Lipinski definition) is 3. The van der Waals surface area contributed by atoms with Crippen LogP contribution in [0.25, 0.3) is 0 Å². The molecule has 1 fully saturated rings. The van der Waals surface area contributed by atoms with Crippen LogP contribution in [-0.4, -0.2) is 40.7 Å². The second-order valence-electron chi connectivity index (χ2n) is 5.73. The lowest BCUT2D eigenvalue weighted by molar-refractivity contribution is -0.138. The van der Waals surface area contributed by atoms with Gasteiger partial charge in [0.15, 0.2) is 0 Å². The van der Waals surface area contributed by atoms with Crippen LogP contribution in [0.15, 0.2) is 0 Å². The van der Waals surface area contributed by atoms with Gasteiger partial charge in [0.1, 0.15) is 0 Å². The van der Waals surface area contributed by atoms with E-state index < -0.39 is 5.97 Å². The maximum atomic E-state index is 11.9. The van der Waals surface area contributed by atoms with Crippen molar-refractivity contribution in [3.63, 3.8) is 0 Å². The second-order valence-corrected chi connectivity index (χ2v) is 5.73. The van der Waals surface area contributed by atoms with Crippen LogP contribution in [0.3, 0.4) is 0 Å².